The van der Waals surface area contributed by atoms with Crippen LogP contribution in [0.25, 0.3) is 0 Å². The molecule has 2 unspecified atom stereocenters. The second kappa shape index (κ2) is 5.54. The van der Waals surface area contributed by atoms with E-state index in [0.29, 0.717) is 0 Å². The molecule has 2 aliphatic heterocycles. The highest BCUT2D eigenvalue weighted by molar-refractivity contribution is 7.99. The van der Waals surface area contributed by atoms with Crippen LogP contribution in [0, 0.1) is 6.92 Å². The van der Waals surface area contributed by atoms with Gasteiger partial charge in [0.05, 0.1) is 17.8 Å². The number of hydrogen-bond donors (Lipinski definition) is 1. The highest BCUT2D eigenvalue weighted by atomic mass is 32.2. The second-order valence-corrected chi connectivity index (χ2v) is 6.29. The predicted octanol–water partition coefficient (Wildman–Crippen LogP) is 1.35. The van der Waals surface area contributed by atoms with Crippen molar-refractivity contribution < 1.29 is 9.32 Å². The molecule has 0 saturated carbocycles. The van der Waals surface area contributed by atoms with Crippen LogP contribution in [0.3, 0.4) is 0 Å². The predicted molar refractivity (Wildman–Crippen MR) is 74.0 cm³/mol. The Balaban J connectivity index is 1.73. The molecule has 1 aromatic heterocycles. The molecule has 6 heteroatoms. The van der Waals surface area contributed by atoms with Gasteiger partial charge in [-0.3, -0.25) is 4.79 Å². The van der Waals surface area contributed by atoms with E-state index in [2.05, 4.69) is 10.5 Å². The molecule has 0 aromatic carbocycles. The van der Waals surface area contributed by atoms with Crippen LogP contribution in [-0.2, 0) is 4.79 Å². The van der Waals surface area contributed by atoms with Crippen molar-refractivity contribution in [2.75, 3.05) is 24.6 Å². The Labute approximate surface area is 117 Å². The third-order valence-electron chi connectivity index (χ3n) is 3.73. The number of carbonyl (C=O) groups excluding carboxylic acids is 1. The van der Waals surface area contributed by atoms with Crippen LogP contribution in [0.5, 0.6) is 0 Å². The first-order chi connectivity index (χ1) is 9.25. The Morgan fingerprint density at radius 3 is 3.21 bits per heavy atom. The lowest BCUT2D eigenvalue weighted by Gasteiger charge is -2.30. The van der Waals surface area contributed by atoms with Gasteiger partial charge in [-0.1, -0.05) is 5.16 Å². The zero-order valence-electron chi connectivity index (χ0n) is 11.1. The summed E-state index contributed by atoms with van der Waals surface area (Å²) in [6, 6.07) is 1.98. The van der Waals surface area contributed by atoms with Crippen molar-refractivity contribution in [2.24, 2.45) is 0 Å². The number of nitrogens with zero attached hydrogens (tertiary/aromatic N) is 2. The minimum atomic E-state index is -0.0385. The van der Waals surface area contributed by atoms with Gasteiger partial charge in [-0.05, 0) is 19.8 Å². The number of nitrogens with one attached hydrogen (secondary N) is 1. The standard InChI is InChI=1S/C13H19N3O2S/c1-9-7-12(18-15-9)11-3-2-5-16(11)13(17)10-8-19-6-4-14-10/h7,10-11,14H,2-6,8H2,1H3. The molecule has 1 aromatic rings. The van der Waals surface area contributed by atoms with Crippen molar-refractivity contribution in [3.63, 3.8) is 0 Å². The summed E-state index contributed by atoms with van der Waals surface area (Å²) in [6.45, 7) is 3.65. The minimum absolute atomic E-state index is 0.0385. The first kappa shape index (κ1) is 13.0. The Morgan fingerprint density at radius 2 is 2.53 bits per heavy atom. The molecular weight excluding hydrogens is 262 g/mol. The lowest BCUT2D eigenvalue weighted by molar-refractivity contribution is -0.134. The van der Waals surface area contributed by atoms with Gasteiger partial charge in [0.15, 0.2) is 5.76 Å². The lowest BCUT2D eigenvalue weighted by Crippen LogP contribution is -2.50. The molecule has 0 aliphatic carbocycles. The molecule has 19 heavy (non-hydrogen) atoms. The summed E-state index contributed by atoms with van der Waals surface area (Å²) in [5, 5.41) is 7.25. The molecule has 3 heterocycles. The molecule has 0 radical (unpaired) electrons. The fourth-order valence-corrected chi connectivity index (χ4v) is 3.72. The monoisotopic (exact) mass is 281 g/mol. The van der Waals surface area contributed by atoms with Crippen LogP contribution >= 0.6 is 11.8 Å². The van der Waals surface area contributed by atoms with Crippen LogP contribution in [0.1, 0.15) is 30.3 Å². The quantitative estimate of drug-likeness (QED) is 0.887. The molecule has 2 aliphatic rings. The largest absolute Gasteiger partial charge is 0.359 e. The molecule has 0 bridgehead atoms. The number of hydrogen-bond acceptors (Lipinski definition) is 5. The third-order valence-corrected chi connectivity index (χ3v) is 4.79. The summed E-state index contributed by atoms with van der Waals surface area (Å²) in [4.78, 5) is 14.5. The molecular formula is C13H19N3O2S. The lowest BCUT2D eigenvalue weighted by atomic mass is 10.1. The van der Waals surface area contributed by atoms with E-state index in [9.17, 15) is 4.79 Å². The number of aryl methyl sites for hydroxylation is 1. The van der Waals surface area contributed by atoms with E-state index in [1.807, 2.05) is 29.7 Å². The van der Waals surface area contributed by atoms with Crippen molar-refractivity contribution in [2.45, 2.75) is 31.8 Å². The molecule has 1 amide bonds. The number of thioether (sulfide) groups is 1. The molecule has 2 fully saturated rings. The zero-order valence-corrected chi connectivity index (χ0v) is 11.9. The van der Waals surface area contributed by atoms with Crippen LogP contribution in [0.15, 0.2) is 10.6 Å². The van der Waals surface area contributed by atoms with Gasteiger partial charge >= 0.3 is 0 Å². The summed E-state index contributed by atoms with van der Waals surface area (Å²) in [5.41, 5.74) is 0.876. The van der Waals surface area contributed by atoms with Crippen molar-refractivity contribution in [3.8, 4) is 0 Å². The van der Waals surface area contributed by atoms with Gasteiger partial charge in [0.2, 0.25) is 5.91 Å². The van der Waals surface area contributed by atoms with Gasteiger partial charge in [-0.15, -0.1) is 0 Å². The van der Waals surface area contributed by atoms with Crippen LogP contribution in [0.2, 0.25) is 0 Å². The Hall–Kier alpha value is -1.01. The van der Waals surface area contributed by atoms with Crippen molar-refractivity contribution in [3.05, 3.63) is 17.5 Å². The van der Waals surface area contributed by atoms with Crippen molar-refractivity contribution in [1.82, 2.24) is 15.4 Å². The van der Waals surface area contributed by atoms with E-state index in [1.165, 1.54) is 0 Å². The Morgan fingerprint density at radius 1 is 1.63 bits per heavy atom. The molecule has 5 nitrogen and oxygen atoms in total. The maximum atomic E-state index is 12.6. The number of rotatable bonds is 2. The fourth-order valence-electron chi connectivity index (χ4n) is 2.79. The highest BCUT2D eigenvalue weighted by Crippen LogP contribution is 2.33. The average Bonchev–Trinajstić information content (AvgIpc) is 3.07. The third kappa shape index (κ3) is 2.65. The van der Waals surface area contributed by atoms with E-state index < -0.39 is 0 Å². The second-order valence-electron chi connectivity index (χ2n) is 5.14. The SMILES string of the molecule is Cc1cc(C2CCCN2C(=O)C2CSCCN2)on1. The number of carbonyl (C=O) groups is 1. The molecule has 2 atom stereocenters. The smallest absolute Gasteiger partial charge is 0.241 e. The molecule has 3 rings (SSSR count). The van der Waals surface area contributed by atoms with Crippen molar-refractivity contribution in [1.29, 1.82) is 0 Å². The molecule has 0 spiro atoms. The van der Waals surface area contributed by atoms with E-state index in [4.69, 9.17) is 4.52 Å². The summed E-state index contributed by atoms with van der Waals surface area (Å²) < 4.78 is 5.35. The first-order valence-corrected chi connectivity index (χ1v) is 7.96. The van der Waals surface area contributed by atoms with Gasteiger partial charge in [-0.2, -0.15) is 11.8 Å². The normalized spacial score (nSPS) is 27.7. The van der Waals surface area contributed by atoms with E-state index in [1.54, 1.807) is 0 Å². The fraction of sp³-hybridized carbons (Fsp3) is 0.692. The number of amides is 1. The summed E-state index contributed by atoms with van der Waals surface area (Å²) in [5.74, 6) is 3.00. The van der Waals surface area contributed by atoms with E-state index in [0.717, 1.165) is 48.9 Å². The Bertz CT molecular complexity index is 456. The maximum Gasteiger partial charge on any atom is 0.241 e. The van der Waals surface area contributed by atoms with Crippen LogP contribution < -0.4 is 5.32 Å². The zero-order chi connectivity index (χ0) is 13.2. The number of aromatic nitrogens is 1. The van der Waals surface area contributed by atoms with Gasteiger partial charge in [0, 0.05) is 30.7 Å². The van der Waals surface area contributed by atoms with E-state index in [-0.39, 0.29) is 18.0 Å². The molecule has 104 valence electrons. The summed E-state index contributed by atoms with van der Waals surface area (Å²) in [7, 11) is 0. The molecule has 2 saturated heterocycles. The summed E-state index contributed by atoms with van der Waals surface area (Å²) in [6.07, 6.45) is 2.01. The van der Waals surface area contributed by atoms with Crippen LogP contribution in [0.4, 0.5) is 0 Å². The Kier molecular flexibility index (Phi) is 3.79. The van der Waals surface area contributed by atoms with Gasteiger partial charge in [0.1, 0.15) is 0 Å². The van der Waals surface area contributed by atoms with Gasteiger partial charge in [-0.25, -0.2) is 0 Å². The maximum absolute atomic E-state index is 12.6. The van der Waals surface area contributed by atoms with Gasteiger partial charge in [0.25, 0.3) is 0 Å². The van der Waals surface area contributed by atoms with Crippen LogP contribution in [-0.4, -0.2) is 46.6 Å². The highest BCUT2D eigenvalue weighted by Gasteiger charge is 2.36. The van der Waals surface area contributed by atoms with Gasteiger partial charge < -0.3 is 14.7 Å². The average molecular weight is 281 g/mol. The summed E-state index contributed by atoms with van der Waals surface area (Å²) >= 11 is 1.85. The topological polar surface area (TPSA) is 58.4 Å². The van der Waals surface area contributed by atoms with Crippen molar-refractivity contribution >= 4 is 17.7 Å². The first-order valence-electron chi connectivity index (χ1n) is 6.80. The molecule has 1 N–H and O–H groups in total. The van der Waals surface area contributed by atoms with E-state index >= 15 is 0 Å². The minimum Gasteiger partial charge on any atom is -0.359 e. The number of likely N-dealkylation sites (tertiary alicyclic amines) is 1.